The van der Waals surface area contributed by atoms with E-state index in [1.807, 2.05) is 6.92 Å². The highest BCUT2D eigenvalue weighted by molar-refractivity contribution is 6.36. The fraction of sp³-hybridized carbons (Fsp3) is 0.292. The van der Waals surface area contributed by atoms with Crippen molar-refractivity contribution in [2.24, 2.45) is 0 Å². The van der Waals surface area contributed by atoms with Crippen LogP contribution < -0.4 is 15.4 Å². The molecule has 0 aliphatic heterocycles. The van der Waals surface area contributed by atoms with Crippen molar-refractivity contribution in [1.29, 1.82) is 0 Å². The smallest absolute Gasteiger partial charge is 0.272 e. The van der Waals surface area contributed by atoms with Gasteiger partial charge in [0.05, 0.1) is 29.6 Å². The van der Waals surface area contributed by atoms with Crippen molar-refractivity contribution in [2.75, 3.05) is 6.61 Å². The highest BCUT2D eigenvalue weighted by Crippen LogP contribution is 2.40. The first kappa shape index (κ1) is 24.8. The molecular weight excluding hydrogens is 496 g/mol. The fourth-order valence-electron chi connectivity index (χ4n) is 3.61. The van der Waals surface area contributed by atoms with Gasteiger partial charge < -0.3 is 15.4 Å². The Labute approximate surface area is 211 Å². The van der Waals surface area contributed by atoms with E-state index in [0.717, 1.165) is 0 Å². The van der Waals surface area contributed by atoms with Crippen LogP contribution in [0.3, 0.4) is 0 Å². The first-order valence-electron chi connectivity index (χ1n) is 10.9. The molecule has 0 radical (unpaired) electrons. The number of pyridine rings is 1. The lowest BCUT2D eigenvalue weighted by Gasteiger charge is -2.21. The van der Waals surface area contributed by atoms with E-state index >= 15 is 4.39 Å². The van der Waals surface area contributed by atoms with Crippen molar-refractivity contribution in [2.45, 2.75) is 38.3 Å². The topological polar surface area (TPSA) is 106 Å². The van der Waals surface area contributed by atoms with E-state index in [4.69, 9.17) is 27.9 Å². The molecule has 11 heteroatoms. The molecule has 1 aromatic carbocycles. The summed E-state index contributed by atoms with van der Waals surface area (Å²) in [7, 11) is 0. The molecule has 2 amide bonds. The van der Waals surface area contributed by atoms with Gasteiger partial charge in [0, 0.05) is 34.7 Å². The molecule has 1 aliphatic rings. The van der Waals surface area contributed by atoms with Gasteiger partial charge in [0.25, 0.3) is 5.91 Å². The zero-order valence-electron chi connectivity index (χ0n) is 18.9. The van der Waals surface area contributed by atoms with Crippen molar-refractivity contribution >= 4 is 35.0 Å². The molecule has 2 N–H and O–H groups in total. The Balaban J connectivity index is 1.50. The number of hydrogen-bond donors (Lipinski definition) is 2. The number of amides is 2. The van der Waals surface area contributed by atoms with Crippen LogP contribution in [0.2, 0.25) is 10.0 Å². The molecule has 35 heavy (non-hydrogen) atoms. The number of rotatable bonds is 8. The maximum absolute atomic E-state index is 15.1. The van der Waals surface area contributed by atoms with Crippen molar-refractivity contribution in [1.82, 2.24) is 25.6 Å². The van der Waals surface area contributed by atoms with E-state index < -0.39 is 29.2 Å². The lowest BCUT2D eigenvalue weighted by atomic mass is 10.0. The Morgan fingerprint density at radius 3 is 2.57 bits per heavy atom. The van der Waals surface area contributed by atoms with Crippen molar-refractivity contribution < 1.29 is 18.7 Å². The molecule has 1 atom stereocenters. The Hall–Kier alpha value is -3.30. The molecule has 1 saturated carbocycles. The number of nitrogens with one attached hydrogen (secondary N) is 2. The second-order valence-corrected chi connectivity index (χ2v) is 8.95. The highest BCUT2D eigenvalue weighted by Gasteiger charge is 2.51. The van der Waals surface area contributed by atoms with E-state index in [9.17, 15) is 9.59 Å². The monoisotopic (exact) mass is 517 g/mol. The van der Waals surface area contributed by atoms with E-state index in [0.29, 0.717) is 46.4 Å². The Bertz CT molecular complexity index is 1270. The molecule has 2 aromatic heterocycles. The summed E-state index contributed by atoms with van der Waals surface area (Å²) in [5, 5.41) is 6.13. The van der Waals surface area contributed by atoms with E-state index in [1.165, 1.54) is 30.9 Å². The predicted molar refractivity (Wildman–Crippen MR) is 129 cm³/mol. The third-order valence-electron chi connectivity index (χ3n) is 5.57. The van der Waals surface area contributed by atoms with Crippen LogP contribution in [-0.2, 0) is 4.79 Å². The van der Waals surface area contributed by atoms with Gasteiger partial charge in [-0.05, 0) is 44.9 Å². The van der Waals surface area contributed by atoms with Gasteiger partial charge in [-0.1, -0.05) is 23.2 Å². The molecule has 0 spiro atoms. The Morgan fingerprint density at radius 2 is 1.94 bits per heavy atom. The summed E-state index contributed by atoms with van der Waals surface area (Å²) in [6.45, 7) is 3.79. The molecule has 0 unspecified atom stereocenters. The highest BCUT2D eigenvalue weighted by atomic mass is 35.5. The van der Waals surface area contributed by atoms with Crippen LogP contribution in [0.25, 0.3) is 11.1 Å². The molecule has 1 aliphatic carbocycles. The lowest BCUT2D eigenvalue weighted by molar-refractivity contribution is -0.124. The van der Waals surface area contributed by atoms with Crippen LogP contribution >= 0.6 is 23.2 Å². The maximum atomic E-state index is 15.1. The Kier molecular flexibility index (Phi) is 7.18. The van der Waals surface area contributed by atoms with Crippen LogP contribution in [0, 0.1) is 5.82 Å². The SMILES string of the molecule is CCOc1c(Cl)cc(Cl)cc1-c1cnc([C@@H](C)NC(=O)C2(NC(=O)c3cnccn3)CC2)c(F)c1. The molecule has 4 rings (SSSR count). The van der Waals surface area contributed by atoms with Gasteiger partial charge in [0.2, 0.25) is 5.91 Å². The lowest BCUT2D eigenvalue weighted by Crippen LogP contribution is -2.49. The molecular formula is C24H22Cl2FN5O3. The average molecular weight is 518 g/mol. The number of carbonyl (C=O) groups is 2. The molecule has 3 aromatic rings. The van der Waals surface area contributed by atoms with Crippen LogP contribution in [0.1, 0.15) is 48.9 Å². The predicted octanol–water partition coefficient (Wildman–Crippen LogP) is 4.52. The second kappa shape index (κ2) is 10.1. The van der Waals surface area contributed by atoms with Crippen LogP contribution in [0.15, 0.2) is 43.0 Å². The largest absolute Gasteiger partial charge is 0.492 e. The minimum Gasteiger partial charge on any atom is -0.492 e. The van der Waals surface area contributed by atoms with Gasteiger partial charge in [0.1, 0.15) is 22.8 Å². The quantitative estimate of drug-likeness (QED) is 0.454. The summed E-state index contributed by atoms with van der Waals surface area (Å²) in [4.78, 5) is 37.4. The number of benzene rings is 1. The van der Waals surface area contributed by atoms with Crippen molar-refractivity contribution in [3.8, 4) is 16.9 Å². The second-order valence-electron chi connectivity index (χ2n) is 8.11. The summed E-state index contributed by atoms with van der Waals surface area (Å²) in [5.74, 6) is -1.17. The number of carbonyl (C=O) groups excluding carboxylic acids is 2. The van der Waals surface area contributed by atoms with Gasteiger partial charge >= 0.3 is 0 Å². The van der Waals surface area contributed by atoms with Crippen molar-refractivity contribution in [3.63, 3.8) is 0 Å². The van der Waals surface area contributed by atoms with Gasteiger partial charge in [-0.15, -0.1) is 0 Å². The van der Waals surface area contributed by atoms with Crippen molar-refractivity contribution in [3.05, 3.63) is 70.2 Å². The summed E-state index contributed by atoms with van der Waals surface area (Å²) in [5.41, 5.74) is 0.0123. The minimum absolute atomic E-state index is 0.0456. The minimum atomic E-state index is -1.07. The molecule has 8 nitrogen and oxygen atoms in total. The number of hydrogen-bond acceptors (Lipinski definition) is 6. The van der Waals surface area contributed by atoms with E-state index in [1.54, 1.807) is 19.1 Å². The number of halogens is 3. The van der Waals surface area contributed by atoms with E-state index in [-0.39, 0.29) is 11.4 Å². The zero-order chi connectivity index (χ0) is 25.2. The number of aromatic nitrogens is 3. The van der Waals surface area contributed by atoms with Crippen LogP contribution in [0.4, 0.5) is 4.39 Å². The summed E-state index contributed by atoms with van der Waals surface area (Å²) in [6.07, 6.45) is 6.54. The summed E-state index contributed by atoms with van der Waals surface area (Å²) >= 11 is 12.4. The fourth-order valence-corrected chi connectivity index (χ4v) is 4.16. The third kappa shape index (κ3) is 5.36. The first-order valence-corrected chi connectivity index (χ1v) is 11.7. The molecule has 2 heterocycles. The average Bonchev–Trinajstić information content (AvgIpc) is 3.61. The van der Waals surface area contributed by atoms with E-state index in [2.05, 4.69) is 25.6 Å². The Morgan fingerprint density at radius 1 is 1.17 bits per heavy atom. The maximum Gasteiger partial charge on any atom is 0.272 e. The standard InChI is InChI=1S/C24H22Cl2FN5O3/c1-3-35-21-16(9-15(25)10-17(21)26)14-8-18(27)20(30-11-14)13(2)31-23(34)24(4-5-24)32-22(33)19-12-28-6-7-29-19/h6-13H,3-5H2,1-2H3,(H,31,34)(H,32,33)/t13-/m1/s1. The van der Waals surface area contributed by atoms with Gasteiger partial charge in [-0.3, -0.25) is 19.6 Å². The normalized spacial score (nSPS) is 14.7. The van der Waals surface area contributed by atoms with Gasteiger partial charge in [-0.25, -0.2) is 9.37 Å². The molecule has 0 bridgehead atoms. The summed E-state index contributed by atoms with van der Waals surface area (Å²) < 4.78 is 20.7. The van der Waals surface area contributed by atoms with Gasteiger partial charge in [-0.2, -0.15) is 0 Å². The zero-order valence-corrected chi connectivity index (χ0v) is 20.5. The van der Waals surface area contributed by atoms with Crippen LogP contribution in [-0.4, -0.2) is 38.9 Å². The third-order valence-corrected chi connectivity index (χ3v) is 6.07. The van der Waals surface area contributed by atoms with Gasteiger partial charge in [0.15, 0.2) is 0 Å². The molecule has 0 saturated heterocycles. The molecule has 182 valence electrons. The number of ether oxygens (including phenoxy) is 1. The molecule has 1 fully saturated rings. The number of nitrogens with zero attached hydrogens (tertiary/aromatic N) is 3. The summed E-state index contributed by atoms with van der Waals surface area (Å²) in [6, 6.07) is 3.70. The van der Waals surface area contributed by atoms with Crippen LogP contribution in [0.5, 0.6) is 5.75 Å². The first-order chi connectivity index (χ1) is 16.7.